The number of nitrogens with one attached hydrogen (secondary N) is 1. The molecule has 0 saturated carbocycles. The fraction of sp³-hybridized carbons (Fsp3) is 0.444. The Labute approximate surface area is 137 Å². The van der Waals surface area contributed by atoms with Crippen molar-refractivity contribution >= 4 is 5.91 Å². The number of hydrogen-bond donors (Lipinski definition) is 1. The molecule has 1 aromatic heterocycles. The normalized spacial score (nSPS) is 12.3. The second-order valence-electron chi connectivity index (χ2n) is 6.07. The summed E-state index contributed by atoms with van der Waals surface area (Å²) in [6, 6.07) is 7.19. The van der Waals surface area contributed by atoms with E-state index in [1.54, 1.807) is 6.07 Å². The van der Waals surface area contributed by atoms with Crippen molar-refractivity contribution < 1.29 is 9.53 Å². The fourth-order valence-electron chi connectivity index (χ4n) is 2.77. The first-order valence-electron chi connectivity index (χ1n) is 7.88. The van der Waals surface area contributed by atoms with Crippen LogP contribution >= 0.6 is 0 Å². The van der Waals surface area contributed by atoms with E-state index in [0.717, 1.165) is 17.0 Å². The SMILES string of the molecule is Cc1nn(C)c(C)c1[C@H](C)NC(=O)c1ccccc1OC(C)C. The third-order valence-electron chi connectivity index (χ3n) is 3.84. The predicted octanol–water partition coefficient (Wildman–Crippen LogP) is 3.32. The van der Waals surface area contributed by atoms with E-state index < -0.39 is 0 Å². The van der Waals surface area contributed by atoms with E-state index in [2.05, 4.69) is 10.4 Å². The van der Waals surface area contributed by atoms with Crippen LogP contribution < -0.4 is 10.1 Å². The maximum atomic E-state index is 12.6. The van der Waals surface area contributed by atoms with Crippen molar-refractivity contribution in [3.63, 3.8) is 0 Å². The topological polar surface area (TPSA) is 56.2 Å². The summed E-state index contributed by atoms with van der Waals surface area (Å²) >= 11 is 0. The summed E-state index contributed by atoms with van der Waals surface area (Å²) in [5.74, 6) is 0.461. The molecule has 1 heterocycles. The van der Waals surface area contributed by atoms with Crippen molar-refractivity contribution in [3.05, 3.63) is 46.8 Å². The van der Waals surface area contributed by atoms with Crippen molar-refractivity contribution in [2.45, 2.75) is 46.8 Å². The van der Waals surface area contributed by atoms with E-state index in [0.29, 0.717) is 11.3 Å². The molecule has 1 atom stereocenters. The Morgan fingerprint density at radius 2 is 1.87 bits per heavy atom. The van der Waals surface area contributed by atoms with Crippen LogP contribution in [0.3, 0.4) is 0 Å². The second-order valence-corrected chi connectivity index (χ2v) is 6.07. The van der Waals surface area contributed by atoms with Crippen LogP contribution in [0.25, 0.3) is 0 Å². The Balaban J connectivity index is 2.22. The van der Waals surface area contributed by atoms with Gasteiger partial charge < -0.3 is 10.1 Å². The van der Waals surface area contributed by atoms with Crippen LogP contribution in [0.15, 0.2) is 24.3 Å². The fourth-order valence-corrected chi connectivity index (χ4v) is 2.77. The molecule has 5 nitrogen and oxygen atoms in total. The molecule has 0 saturated heterocycles. The highest BCUT2D eigenvalue weighted by molar-refractivity contribution is 5.97. The Kier molecular flexibility index (Phi) is 5.08. The zero-order valence-corrected chi connectivity index (χ0v) is 14.7. The van der Waals surface area contributed by atoms with Gasteiger partial charge in [0.2, 0.25) is 0 Å². The molecule has 23 heavy (non-hydrogen) atoms. The number of carbonyl (C=O) groups excluding carboxylic acids is 1. The van der Waals surface area contributed by atoms with Crippen LogP contribution in [0.1, 0.15) is 54.1 Å². The third-order valence-corrected chi connectivity index (χ3v) is 3.84. The molecule has 124 valence electrons. The highest BCUT2D eigenvalue weighted by atomic mass is 16.5. The zero-order chi connectivity index (χ0) is 17.1. The minimum absolute atomic E-state index is 0.0178. The minimum atomic E-state index is -0.142. The first kappa shape index (κ1) is 17.1. The van der Waals surface area contributed by atoms with Crippen molar-refractivity contribution in [1.29, 1.82) is 0 Å². The summed E-state index contributed by atoms with van der Waals surface area (Å²) in [7, 11) is 1.91. The van der Waals surface area contributed by atoms with Gasteiger partial charge in [-0.3, -0.25) is 9.48 Å². The molecule has 1 N–H and O–H groups in total. The molecule has 0 unspecified atom stereocenters. The van der Waals surface area contributed by atoms with Gasteiger partial charge in [0.15, 0.2) is 0 Å². The van der Waals surface area contributed by atoms with E-state index in [1.165, 1.54) is 0 Å². The molecule has 2 aromatic rings. The number of hydrogen-bond acceptors (Lipinski definition) is 3. The number of rotatable bonds is 5. The molecule has 5 heteroatoms. The molecular weight excluding hydrogens is 290 g/mol. The number of nitrogens with zero attached hydrogens (tertiary/aromatic N) is 2. The van der Waals surface area contributed by atoms with Crippen molar-refractivity contribution in [2.75, 3.05) is 0 Å². The molecule has 2 rings (SSSR count). The van der Waals surface area contributed by atoms with E-state index in [4.69, 9.17) is 4.74 Å². The highest BCUT2D eigenvalue weighted by Gasteiger charge is 2.20. The molecule has 1 aromatic carbocycles. The molecular formula is C18H25N3O2. The van der Waals surface area contributed by atoms with E-state index in [1.807, 2.05) is 64.5 Å². The van der Waals surface area contributed by atoms with Gasteiger partial charge in [-0.1, -0.05) is 12.1 Å². The standard InChI is InChI=1S/C18H25N3O2/c1-11(2)23-16-10-8-7-9-15(16)18(22)19-12(3)17-13(4)20-21(6)14(17)5/h7-12H,1-6H3,(H,19,22)/t12-/m0/s1. The average molecular weight is 315 g/mol. The van der Waals surface area contributed by atoms with Gasteiger partial charge in [-0.25, -0.2) is 0 Å². The zero-order valence-electron chi connectivity index (χ0n) is 14.7. The quantitative estimate of drug-likeness (QED) is 0.921. The van der Waals surface area contributed by atoms with Crippen LogP contribution in [0.5, 0.6) is 5.75 Å². The van der Waals surface area contributed by atoms with Crippen LogP contribution in [-0.2, 0) is 7.05 Å². The smallest absolute Gasteiger partial charge is 0.255 e. The molecule has 1 amide bonds. The van der Waals surface area contributed by atoms with Crippen LogP contribution in [0.4, 0.5) is 0 Å². The van der Waals surface area contributed by atoms with Gasteiger partial charge in [-0.05, 0) is 46.8 Å². The van der Waals surface area contributed by atoms with Gasteiger partial charge >= 0.3 is 0 Å². The monoisotopic (exact) mass is 315 g/mol. The number of amides is 1. The number of aryl methyl sites for hydroxylation is 2. The second kappa shape index (κ2) is 6.86. The largest absolute Gasteiger partial charge is 0.490 e. The molecule has 0 aliphatic carbocycles. The van der Waals surface area contributed by atoms with Gasteiger partial charge in [-0.2, -0.15) is 5.10 Å². The number of ether oxygens (including phenoxy) is 1. The molecule has 0 bridgehead atoms. The number of para-hydroxylation sites is 1. The lowest BCUT2D eigenvalue weighted by atomic mass is 10.1. The molecule has 0 spiro atoms. The molecule has 0 fully saturated rings. The van der Waals surface area contributed by atoms with Crippen LogP contribution in [0, 0.1) is 13.8 Å². The Morgan fingerprint density at radius 3 is 2.43 bits per heavy atom. The van der Waals surface area contributed by atoms with Gasteiger partial charge in [0.05, 0.1) is 23.4 Å². The lowest BCUT2D eigenvalue weighted by molar-refractivity contribution is 0.0934. The number of benzene rings is 1. The lowest BCUT2D eigenvalue weighted by Gasteiger charge is -2.17. The first-order chi connectivity index (χ1) is 10.8. The summed E-state index contributed by atoms with van der Waals surface area (Å²) in [5.41, 5.74) is 3.60. The number of aromatic nitrogens is 2. The van der Waals surface area contributed by atoms with E-state index in [9.17, 15) is 4.79 Å². The highest BCUT2D eigenvalue weighted by Crippen LogP contribution is 2.23. The summed E-state index contributed by atoms with van der Waals surface area (Å²) in [5, 5.41) is 7.46. The van der Waals surface area contributed by atoms with E-state index in [-0.39, 0.29) is 18.1 Å². The first-order valence-corrected chi connectivity index (χ1v) is 7.88. The lowest BCUT2D eigenvalue weighted by Crippen LogP contribution is -2.28. The molecule has 0 radical (unpaired) electrons. The minimum Gasteiger partial charge on any atom is -0.490 e. The number of carbonyl (C=O) groups is 1. The van der Waals surface area contributed by atoms with Gasteiger partial charge in [0.25, 0.3) is 5.91 Å². The molecule has 0 aliphatic rings. The summed E-state index contributed by atoms with van der Waals surface area (Å²) in [6.45, 7) is 9.83. The van der Waals surface area contributed by atoms with Crippen molar-refractivity contribution in [3.8, 4) is 5.75 Å². The van der Waals surface area contributed by atoms with Crippen LogP contribution in [-0.4, -0.2) is 21.8 Å². The Hall–Kier alpha value is -2.30. The van der Waals surface area contributed by atoms with Gasteiger partial charge in [0, 0.05) is 18.3 Å². The Morgan fingerprint density at radius 1 is 1.22 bits per heavy atom. The van der Waals surface area contributed by atoms with E-state index >= 15 is 0 Å². The third kappa shape index (κ3) is 3.73. The van der Waals surface area contributed by atoms with Gasteiger partial charge in [-0.15, -0.1) is 0 Å². The summed E-state index contributed by atoms with van der Waals surface area (Å²) < 4.78 is 7.56. The predicted molar refractivity (Wildman–Crippen MR) is 90.8 cm³/mol. The molecule has 0 aliphatic heterocycles. The van der Waals surface area contributed by atoms with Gasteiger partial charge in [0.1, 0.15) is 5.75 Å². The summed E-state index contributed by atoms with van der Waals surface area (Å²) in [4.78, 5) is 12.6. The Bertz CT molecular complexity index is 704. The maximum Gasteiger partial charge on any atom is 0.255 e. The average Bonchev–Trinajstić information content (AvgIpc) is 2.71. The van der Waals surface area contributed by atoms with Crippen LogP contribution in [0.2, 0.25) is 0 Å². The summed E-state index contributed by atoms with van der Waals surface area (Å²) in [6.07, 6.45) is 0.0178. The van der Waals surface area contributed by atoms with Crippen molar-refractivity contribution in [2.24, 2.45) is 7.05 Å². The van der Waals surface area contributed by atoms with Crippen molar-refractivity contribution in [1.82, 2.24) is 15.1 Å². The maximum absolute atomic E-state index is 12.6.